The molecule has 0 unspecified atom stereocenters. The van der Waals surface area contributed by atoms with Crippen LogP contribution in [0.4, 0.5) is 5.69 Å². The lowest BCUT2D eigenvalue weighted by Gasteiger charge is -2.07. The van der Waals surface area contributed by atoms with E-state index in [4.69, 9.17) is 5.73 Å². The van der Waals surface area contributed by atoms with Crippen molar-refractivity contribution in [1.82, 2.24) is 5.32 Å². The summed E-state index contributed by atoms with van der Waals surface area (Å²) in [5, 5.41) is 12.0. The van der Waals surface area contributed by atoms with Gasteiger partial charge >= 0.3 is 0 Å². The fourth-order valence-corrected chi connectivity index (χ4v) is 1.94. The van der Waals surface area contributed by atoms with Crippen molar-refractivity contribution in [3.63, 3.8) is 0 Å². The number of phenolic OH excluding ortho intramolecular Hbond substituents is 1. The van der Waals surface area contributed by atoms with Crippen molar-refractivity contribution >= 4 is 11.6 Å². The number of hydrogen-bond donors (Lipinski definition) is 3. The molecule has 104 valence electrons. The van der Waals surface area contributed by atoms with E-state index in [1.165, 1.54) is 0 Å². The number of amides is 1. The zero-order valence-electron chi connectivity index (χ0n) is 11.2. The summed E-state index contributed by atoms with van der Waals surface area (Å²) in [5.41, 5.74) is 8.35. The van der Waals surface area contributed by atoms with E-state index in [0.29, 0.717) is 18.7 Å². The second kappa shape index (κ2) is 6.61. The Hall–Kier alpha value is -2.49. The molecule has 2 rings (SSSR count). The summed E-state index contributed by atoms with van der Waals surface area (Å²) in [7, 11) is 0. The number of carbonyl (C=O) groups is 1. The molecule has 0 saturated heterocycles. The second-order valence-electron chi connectivity index (χ2n) is 4.64. The number of para-hydroxylation sites is 1. The summed E-state index contributed by atoms with van der Waals surface area (Å²) in [6.07, 6.45) is 1.03. The van der Waals surface area contributed by atoms with Gasteiger partial charge in [-0.3, -0.25) is 4.79 Å². The van der Waals surface area contributed by atoms with Crippen molar-refractivity contribution < 1.29 is 9.90 Å². The first kappa shape index (κ1) is 13.9. The highest BCUT2D eigenvalue weighted by molar-refractivity contribution is 5.80. The third-order valence-corrected chi connectivity index (χ3v) is 3.08. The minimum atomic E-state index is -0.0401. The number of phenols is 1. The normalized spacial score (nSPS) is 10.2. The third-order valence-electron chi connectivity index (χ3n) is 3.08. The van der Waals surface area contributed by atoms with Gasteiger partial charge in [-0.05, 0) is 35.7 Å². The van der Waals surface area contributed by atoms with Crippen LogP contribution >= 0.6 is 0 Å². The van der Waals surface area contributed by atoms with Gasteiger partial charge in [0, 0.05) is 12.2 Å². The Labute approximate surface area is 118 Å². The molecule has 4 N–H and O–H groups in total. The number of nitrogen functional groups attached to an aromatic ring is 1. The molecule has 0 bridgehead atoms. The van der Waals surface area contributed by atoms with Gasteiger partial charge in [0.1, 0.15) is 5.75 Å². The monoisotopic (exact) mass is 270 g/mol. The Morgan fingerprint density at radius 2 is 1.80 bits per heavy atom. The SMILES string of the molecule is Nc1ccccc1CC(=O)NCCc1ccc(O)cc1. The minimum absolute atomic E-state index is 0.0401. The Morgan fingerprint density at radius 1 is 1.10 bits per heavy atom. The number of hydrogen-bond acceptors (Lipinski definition) is 3. The molecule has 20 heavy (non-hydrogen) atoms. The zero-order valence-corrected chi connectivity index (χ0v) is 11.2. The topological polar surface area (TPSA) is 75.4 Å². The van der Waals surface area contributed by atoms with Gasteiger partial charge in [-0.25, -0.2) is 0 Å². The van der Waals surface area contributed by atoms with E-state index in [-0.39, 0.29) is 11.7 Å². The molecule has 0 saturated carbocycles. The number of rotatable bonds is 5. The lowest BCUT2D eigenvalue weighted by atomic mass is 10.1. The van der Waals surface area contributed by atoms with Gasteiger partial charge in [0.25, 0.3) is 0 Å². The number of nitrogens with two attached hydrogens (primary N) is 1. The number of nitrogens with one attached hydrogen (secondary N) is 1. The zero-order chi connectivity index (χ0) is 14.4. The maximum atomic E-state index is 11.8. The lowest BCUT2D eigenvalue weighted by molar-refractivity contribution is -0.120. The van der Waals surface area contributed by atoms with Crippen LogP contribution in [0.15, 0.2) is 48.5 Å². The first-order chi connectivity index (χ1) is 9.65. The van der Waals surface area contributed by atoms with Gasteiger partial charge in [-0.15, -0.1) is 0 Å². The van der Waals surface area contributed by atoms with E-state index in [2.05, 4.69) is 5.32 Å². The largest absolute Gasteiger partial charge is 0.508 e. The lowest BCUT2D eigenvalue weighted by Crippen LogP contribution is -2.27. The molecule has 2 aromatic rings. The second-order valence-corrected chi connectivity index (χ2v) is 4.64. The van der Waals surface area contributed by atoms with Gasteiger partial charge in [0.05, 0.1) is 6.42 Å². The van der Waals surface area contributed by atoms with E-state index in [0.717, 1.165) is 17.5 Å². The fraction of sp³-hybridized carbons (Fsp3) is 0.188. The van der Waals surface area contributed by atoms with Crippen LogP contribution in [0.1, 0.15) is 11.1 Å². The first-order valence-corrected chi connectivity index (χ1v) is 6.53. The minimum Gasteiger partial charge on any atom is -0.508 e. The van der Waals surface area contributed by atoms with Gasteiger partial charge in [0.2, 0.25) is 5.91 Å². The smallest absolute Gasteiger partial charge is 0.224 e. The molecule has 1 amide bonds. The van der Waals surface area contributed by atoms with E-state index in [1.54, 1.807) is 18.2 Å². The molecular formula is C16H18N2O2. The number of aromatic hydroxyl groups is 1. The van der Waals surface area contributed by atoms with Crippen molar-refractivity contribution in [2.24, 2.45) is 0 Å². The van der Waals surface area contributed by atoms with Gasteiger partial charge in [-0.2, -0.15) is 0 Å². The van der Waals surface area contributed by atoms with Crippen LogP contribution in [0, 0.1) is 0 Å². The van der Waals surface area contributed by atoms with E-state index < -0.39 is 0 Å². The van der Waals surface area contributed by atoms with Gasteiger partial charge < -0.3 is 16.2 Å². The van der Waals surface area contributed by atoms with Crippen molar-refractivity contribution in [1.29, 1.82) is 0 Å². The van der Waals surface area contributed by atoms with Gasteiger partial charge in [-0.1, -0.05) is 30.3 Å². The van der Waals surface area contributed by atoms with Crippen LogP contribution in [-0.2, 0) is 17.6 Å². The summed E-state index contributed by atoms with van der Waals surface area (Å²) in [4.78, 5) is 11.8. The predicted octanol–water partition coefficient (Wildman–Crippen LogP) is 1.88. The molecule has 0 aliphatic rings. The molecule has 0 radical (unpaired) electrons. The van der Waals surface area contributed by atoms with Crippen LogP contribution in [0.3, 0.4) is 0 Å². The molecule has 2 aromatic carbocycles. The third kappa shape index (κ3) is 4.02. The van der Waals surface area contributed by atoms with E-state index >= 15 is 0 Å². The fourth-order valence-electron chi connectivity index (χ4n) is 1.94. The van der Waals surface area contributed by atoms with Crippen molar-refractivity contribution in [3.8, 4) is 5.75 Å². The number of anilines is 1. The number of carbonyl (C=O) groups excluding carboxylic acids is 1. The summed E-state index contributed by atoms with van der Waals surface area (Å²) >= 11 is 0. The number of benzene rings is 2. The average molecular weight is 270 g/mol. The molecule has 0 aliphatic carbocycles. The van der Waals surface area contributed by atoms with Crippen molar-refractivity contribution in [2.45, 2.75) is 12.8 Å². The molecule has 4 nitrogen and oxygen atoms in total. The molecular weight excluding hydrogens is 252 g/mol. The van der Waals surface area contributed by atoms with Crippen LogP contribution in [0.2, 0.25) is 0 Å². The Morgan fingerprint density at radius 3 is 2.50 bits per heavy atom. The first-order valence-electron chi connectivity index (χ1n) is 6.53. The highest BCUT2D eigenvalue weighted by Crippen LogP contribution is 2.11. The van der Waals surface area contributed by atoms with E-state index in [9.17, 15) is 9.90 Å². The summed E-state index contributed by atoms with van der Waals surface area (Å²) in [6.45, 7) is 0.566. The summed E-state index contributed by atoms with van der Waals surface area (Å²) in [5.74, 6) is 0.207. The molecule has 0 heterocycles. The maximum absolute atomic E-state index is 11.8. The van der Waals surface area contributed by atoms with Crippen LogP contribution < -0.4 is 11.1 Å². The maximum Gasteiger partial charge on any atom is 0.224 e. The van der Waals surface area contributed by atoms with Crippen LogP contribution in [-0.4, -0.2) is 17.6 Å². The standard InChI is InChI=1S/C16H18N2O2/c17-15-4-2-1-3-13(15)11-16(20)18-10-9-12-5-7-14(19)8-6-12/h1-8,19H,9-11,17H2,(H,18,20). The Balaban J connectivity index is 1.78. The molecule has 0 fully saturated rings. The van der Waals surface area contributed by atoms with E-state index in [1.807, 2.05) is 30.3 Å². The van der Waals surface area contributed by atoms with Crippen LogP contribution in [0.5, 0.6) is 5.75 Å². The quantitative estimate of drug-likeness (QED) is 0.726. The molecule has 0 aliphatic heterocycles. The highest BCUT2D eigenvalue weighted by atomic mass is 16.3. The van der Waals surface area contributed by atoms with Gasteiger partial charge in [0.15, 0.2) is 0 Å². The molecule has 4 heteroatoms. The average Bonchev–Trinajstić information content (AvgIpc) is 2.44. The molecule has 0 spiro atoms. The van der Waals surface area contributed by atoms with Crippen molar-refractivity contribution in [2.75, 3.05) is 12.3 Å². The van der Waals surface area contributed by atoms with Crippen LogP contribution in [0.25, 0.3) is 0 Å². The summed E-state index contributed by atoms with van der Waals surface area (Å²) in [6, 6.07) is 14.3. The Kier molecular flexibility index (Phi) is 4.60. The molecule has 0 atom stereocenters. The van der Waals surface area contributed by atoms with Crippen molar-refractivity contribution in [3.05, 3.63) is 59.7 Å². The summed E-state index contributed by atoms with van der Waals surface area (Å²) < 4.78 is 0. The molecule has 0 aromatic heterocycles. The Bertz CT molecular complexity index is 579. The predicted molar refractivity (Wildman–Crippen MR) is 79.4 cm³/mol. The highest BCUT2D eigenvalue weighted by Gasteiger charge is 2.05.